The van der Waals surface area contributed by atoms with Crippen LogP contribution in [0.4, 0.5) is 0 Å². The van der Waals surface area contributed by atoms with Gasteiger partial charge in [-0.2, -0.15) is 0 Å². The van der Waals surface area contributed by atoms with Crippen molar-refractivity contribution in [3.8, 4) is 0 Å². The monoisotopic (exact) mass is 346 g/mol. The molecule has 0 fully saturated rings. The predicted octanol–water partition coefficient (Wildman–Crippen LogP) is 1.28. The fraction of sp³-hybridized carbons (Fsp3) is 0.375. The molecule has 2 rings (SSSR count). The molecule has 0 bridgehead atoms. The number of hydrogen-bond donors (Lipinski definition) is 2. The number of carbonyl (C=O) groups is 1. The van der Waals surface area contributed by atoms with Crippen LogP contribution in [0.5, 0.6) is 0 Å². The van der Waals surface area contributed by atoms with Crippen LogP contribution in [0, 0.1) is 6.92 Å². The highest BCUT2D eigenvalue weighted by molar-refractivity contribution is 7.09. The number of nitrogens with one attached hydrogen (secondary N) is 2. The van der Waals surface area contributed by atoms with Crippen LogP contribution in [0.25, 0.3) is 0 Å². The molecular formula is C16H22N6OS. The molecule has 128 valence electrons. The Kier molecular flexibility index (Phi) is 6.68. The third-order valence-corrected chi connectivity index (χ3v) is 4.08. The number of rotatable bonds is 6. The van der Waals surface area contributed by atoms with Gasteiger partial charge in [0.2, 0.25) is 0 Å². The van der Waals surface area contributed by atoms with Gasteiger partial charge in [0.1, 0.15) is 0 Å². The Morgan fingerprint density at radius 1 is 1.38 bits per heavy atom. The van der Waals surface area contributed by atoms with Gasteiger partial charge in [-0.1, -0.05) is 0 Å². The van der Waals surface area contributed by atoms with Gasteiger partial charge in [-0.05, 0) is 19.1 Å². The zero-order chi connectivity index (χ0) is 17.4. The lowest BCUT2D eigenvalue weighted by Gasteiger charge is -2.21. The van der Waals surface area contributed by atoms with Crippen molar-refractivity contribution >= 4 is 23.2 Å². The number of thiazole rings is 1. The van der Waals surface area contributed by atoms with Crippen molar-refractivity contribution in [3.05, 3.63) is 46.2 Å². The molecule has 0 atom stereocenters. The summed E-state index contributed by atoms with van der Waals surface area (Å²) in [4.78, 5) is 26.5. The van der Waals surface area contributed by atoms with Gasteiger partial charge in [0.05, 0.1) is 22.8 Å². The Balaban J connectivity index is 1.74. The van der Waals surface area contributed by atoms with E-state index in [1.807, 2.05) is 24.3 Å². The summed E-state index contributed by atoms with van der Waals surface area (Å²) in [6.45, 7) is 3.76. The van der Waals surface area contributed by atoms with Gasteiger partial charge in [-0.25, -0.2) is 4.98 Å². The maximum Gasteiger partial charge on any atom is 0.252 e. The van der Waals surface area contributed by atoms with E-state index in [0.29, 0.717) is 25.2 Å². The van der Waals surface area contributed by atoms with E-state index >= 15 is 0 Å². The molecule has 2 N–H and O–H groups in total. The molecule has 8 heteroatoms. The van der Waals surface area contributed by atoms with E-state index in [9.17, 15) is 4.79 Å². The van der Waals surface area contributed by atoms with E-state index in [1.165, 1.54) is 0 Å². The van der Waals surface area contributed by atoms with Crippen LogP contribution in [0.2, 0.25) is 0 Å². The second-order valence-electron chi connectivity index (χ2n) is 5.19. The summed E-state index contributed by atoms with van der Waals surface area (Å²) >= 11 is 1.64. The molecule has 0 radical (unpaired) electrons. The maximum atomic E-state index is 11.9. The lowest BCUT2D eigenvalue weighted by Crippen LogP contribution is -2.42. The first-order valence-corrected chi connectivity index (χ1v) is 8.49. The molecular weight excluding hydrogens is 324 g/mol. The minimum Gasteiger partial charge on any atom is -0.354 e. The Bertz CT molecular complexity index is 685. The van der Waals surface area contributed by atoms with Gasteiger partial charge in [-0.3, -0.25) is 14.8 Å². The standard InChI is InChI=1S/C16H22N6OS/c1-12-21-14(11-24-12)10-22(3)16(17-2)20-8-7-19-15(23)13-5-4-6-18-9-13/h4-6,9,11H,7-8,10H2,1-3H3,(H,17,20)(H,19,23). The lowest BCUT2D eigenvalue weighted by atomic mass is 10.3. The van der Waals surface area contributed by atoms with Crippen LogP contribution in [-0.4, -0.2) is 53.9 Å². The number of pyridine rings is 1. The van der Waals surface area contributed by atoms with E-state index in [4.69, 9.17) is 0 Å². The first-order chi connectivity index (χ1) is 11.6. The summed E-state index contributed by atoms with van der Waals surface area (Å²) in [5, 5.41) is 9.17. The Hall–Kier alpha value is -2.48. The number of hydrogen-bond acceptors (Lipinski definition) is 5. The molecule has 2 aromatic heterocycles. The quantitative estimate of drug-likeness (QED) is 0.468. The topological polar surface area (TPSA) is 82.5 Å². The predicted molar refractivity (Wildman–Crippen MR) is 96.2 cm³/mol. The van der Waals surface area contributed by atoms with Crippen LogP contribution in [0.15, 0.2) is 34.9 Å². The van der Waals surface area contributed by atoms with Crippen molar-refractivity contribution in [2.45, 2.75) is 13.5 Å². The first-order valence-electron chi connectivity index (χ1n) is 7.61. The van der Waals surface area contributed by atoms with Crippen LogP contribution in [0.3, 0.4) is 0 Å². The fourth-order valence-corrected chi connectivity index (χ4v) is 2.74. The highest BCUT2D eigenvalue weighted by Gasteiger charge is 2.09. The summed E-state index contributed by atoms with van der Waals surface area (Å²) < 4.78 is 0. The Morgan fingerprint density at radius 3 is 2.79 bits per heavy atom. The van der Waals surface area contributed by atoms with Crippen molar-refractivity contribution in [1.82, 2.24) is 25.5 Å². The van der Waals surface area contributed by atoms with E-state index < -0.39 is 0 Å². The SMILES string of the molecule is CN=C(NCCNC(=O)c1cccnc1)N(C)Cc1csc(C)n1. The van der Waals surface area contributed by atoms with E-state index in [0.717, 1.165) is 16.7 Å². The van der Waals surface area contributed by atoms with Crippen molar-refractivity contribution in [2.24, 2.45) is 4.99 Å². The fourth-order valence-electron chi connectivity index (χ4n) is 2.13. The van der Waals surface area contributed by atoms with Gasteiger partial charge in [0, 0.05) is 45.0 Å². The lowest BCUT2D eigenvalue weighted by molar-refractivity contribution is 0.0954. The zero-order valence-corrected chi connectivity index (χ0v) is 14.9. The molecule has 0 aromatic carbocycles. The summed E-state index contributed by atoms with van der Waals surface area (Å²) in [5.41, 5.74) is 1.57. The van der Waals surface area contributed by atoms with Crippen LogP contribution in [-0.2, 0) is 6.54 Å². The molecule has 1 amide bonds. The second-order valence-corrected chi connectivity index (χ2v) is 6.25. The molecule has 0 saturated carbocycles. The number of aliphatic imine (C=N–C) groups is 1. The highest BCUT2D eigenvalue weighted by Crippen LogP contribution is 2.09. The first kappa shape index (κ1) is 17.9. The van der Waals surface area contributed by atoms with Crippen LogP contribution >= 0.6 is 11.3 Å². The molecule has 2 aromatic rings. The van der Waals surface area contributed by atoms with Crippen LogP contribution in [0.1, 0.15) is 21.1 Å². The van der Waals surface area contributed by atoms with Gasteiger partial charge in [-0.15, -0.1) is 11.3 Å². The maximum absolute atomic E-state index is 11.9. The van der Waals surface area contributed by atoms with E-state index in [1.54, 1.807) is 42.9 Å². The van der Waals surface area contributed by atoms with Crippen molar-refractivity contribution < 1.29 is 4.79 Å². The highest BCUT2D eigenvalue weighted by atomic mass is 32.1. The number of amides is 1. The number of carbonyl (C=O) groups excluding carboxylic acids is 1. The molecule has 0 spiro atoms. The van der Waals surface area contributed by atoms with Crippen LogP contribution < -0.4 is 10.6 Å². The summed E-state index contributed by atoms with van der Waals surface area (Å²) in [7, 11) is 3.69. The number of aromatic nitrogens is 2. The minimum absolute atomic E-state index is 0.133. The minimum atomic E-state index is -0.133. The van der Waals surface area contributed by atoms with Gasteiger partial charge >= 0.3 is 0 Å². The normalized spacial score (nSPS) is 11.2. The molecule has 2 heterocycles. The average Bonchev–Trinajstić information content (AvgIpc) is 3.00. The molecule has 0 aliphatic carbocycles. The number of aryl methyl sites for hydroxylation is 1. The van der Waals surface area contributed by atoms with E-state index in [2.05, 4.69) is 25.6 Å². The molecule has 0 aliphatic rings. The third-order valence-electron chi connectivity index (χ3n) is 3.26. The average molecular weight is 346 g/mol. The van der Waals surface area contributed by atoms with Gasteiger partial charge in [0.15, 0.2) is 5.96 Å². The molecule has 0 unspecified atom stereocenters. The second kappa shape index (κ2) is 8.97. The smallest absolute Gasteiger partial charge is 0.252 e. The Labute approximate surface area is 145 Å². The van der Waals surface area contributed by atoms with Crippen molar-refractivity contribution in [2.75, 3.05) is 27.2 Å². The van der Waals surface area contributed by atoms with Crippen molar-refractivity contribution in [3.63, 3.8) is 0 Å². The number of guanidine groups is 1. The largest absolute Gasteiger partial charge is 0.354 e. The van der Waals surface area contributed by atoms with E-state index in [-0.39, 0.29) is 5.91 Å². The molecule has 0 saturated heterocycles. The molecule has 7 nitrogen and oxygen atoms in total. The van der Waals surface area contributed by atoms with Gasteiger partial charge in [0.25, 0.3) is 5.91 Å². The number of nitrogens with zero attached hydrogens (tertiary/aromatic N) is 4. The molecule has 0 aliphatic heterocycles. The van der Waals surface area contributed by atoms with Gasteiger partial charge < -0.3 is 15.5 Å². The summed E-state index contributed by atoms with van der Waals surface area (Å²) in [6, 6.07) is 3.47. The summed E-state index contributed by atoms with van der Waals surface area (Å²) in [5.74, 6) is 0.627. The Morgan fingerprint density at radius 2 is 2.17 bits per heavy atom. The zero-order valence-electron chi connectivity index (χ0n) is 14.1. The van der Waals surface area contributed by atoms with Crippen molar-refractivity contribution in [1.29, 1.82) is 0 Å². The summed E-state index contributed by atoms with van der Waals surface area (Å²) in [6.07, 6.45) is 3.19. The third kappa shape index (κ3) is 5.31. The molecule has 24 heavy (non-hydrogen) atoms.